The van der Waals surface area contributed by atoms with Crippen LogP contribution in [-0.2, 0) is 21.5 Å². The first-order valence-electron chi connectivity index (χ1n) is 9.87. The largest absolute Gasteiger partial charge is 0.497 e. The molecule has 2 heterocycles. The maximum Gasteiger partial charge on any atom is 0.230 e. The predicted molar refractivity (Wildman–Crippen MR) is 110 cm³/mol. The number of amides is 1. The van der Waals surface area contributed by atoms with E-state index in [9.17, 15) is 9.18 Å². The Morgan fingerprint density at radius 1 is 1.17 bits per heavy atom. The average Bonchev–Trinajstić information content (AvgIpc) is 3.16. The summed E-state index contributed by atoms with van der Waals surface area (Å²) in [5.41, 5.74) is 1.21. The van der Waals surface area contributed by atoms with Gasteiger partial charge in [0, 0.05) is 32.5 Å². The first-order valence-corrected chi connectivity index (χ1v) is 9.87. The number of methoxy groups -OCH3 is 1. The minimum absolute atomic E-state index is 0.00797. The molecule has 0 spiro atoms. The molecule has 0 radical (unpaired) electrons. The van der Waals surface area contributed by atoms with E-state index in [1.165, 1.54) is 12.1 Å². The second kappa shape index (κ2) is 8.25. The van der Waals surface area contributed by atoms with Gasteiger partial charge in [-0.2, -0.15) is 0 Å². The summed E-state index contributed by atoms with van der Waals surface area (Å²) in [7, 11) is 1.63. The molecular formula is C23H25FN2O3. The van der Waals surface area contributed by atoms with Gasteiger partial charge in [0.25, 0.3) is 0 Å². The molecule has 3 aromatic rings. The van der Waals surface area contributed by atoms with Crippen molar-refractivity contribution in [2.45, 2.75) is 24.8 Å². The fourth-order valence-corrected chi connectivity index (χ4v) is 4.09. The number of hydrogen-bond acceptors (Lipinski definition) is 3. The van der Waals surface area contributed by atoms with Gasteiger partial charge in [-0.05, 0) is 60.2 Å². The summed E-state index contributed by atoms with van der Waals surface area (Å²) in [6.07, 6.45) is 3.20. The van der Waals surface area contributed by atoms with Crippen molar-refractivity contribution in [3.8, 4) is 5.75 Å². The first kappa shape index (κ1) is 19.5. The minimum atomic E-state index is -0.602. The maximum absolute atomic E-state index is 13.6. The lowest BCUT2D eigenvalue weighted by atomic mass is 9.73. The molecule has 0 saturated carbocycles. The molecule has 0 aliphatic carbocycles. The summed E-state index contributed by atoms with van der Waals surface area (Å²) in [5, 5.41) is 4.08. The van der Waals surface area contributed by atoms with E-state index in [1.807, 2.05) is 41.1 Å². The molecule has 4 rings (SSSR count). The molecule has 1 aromatic heterocycles. The van der Waals surface area contributed by atoms with Crippen molar-refractivity contribution in [3.63, 3.8) is 0 Å². The van der Waals surface area contributed by atoms with E-state index in [1.54, 1.807) is 13.2 Å². The Labute approximate surface area is 169 Å². The van der Waals surface area contributed by atoms with Crippen molar-refractivity contribution in [1.82, 2.24) is 9.88 Å². The van der Waals surface area contributed by atoms with Gasteiger partial charge in [0.2, 0.25) is 5.91 Å². The zero-order valence-electron chi connectivity index (χ0n) is 16.5. The number of carbonyl (C=O) groups is 1. The van der Waals surface area contributed by atoms with Gasteiger partial charge in [-0.15, -0.1) is 0 Å². The third kappa shape index (κ3) is 3.85. The number of nitrogens with one attached hydrogen (secondary N) is 1. The second-order valence-corrected chi connectivity index (χ2v) is 7.39. The van der Waals surface area contributed by atoms with Gasteiger partial charge in [-0.1, -0.05) is 12.1 Å². The van der Waals surface area contributed by atoms with Crippen LogP contribution in [0.5, 0.6) is 5.75 Å². The topological polar surface area (TPSA) is 52.5 Å². The number of fused-ring (bicyclic) bond motifs is 1. The van der Waals surface area contributed by atoms with Gasteiger partial charge in [0.15, 0.2) is 0 Å². The van der Waals surface area contributed by atoms with Crippen molar-refractivity contribution in [2.75, 3.05) is 26.9 Å². The monoisotopic (exact) mass is 396 g/mol. The highest BCUT2D eigenvalue weighted by molar-refractivity contribution is 5.88. The van der Waals surface area contributed by atoms with Crippen molar-refractivity contribution >= 4 is 16.8 Å². The molecule has 5 nitrogen and oxygen atoms in total. The number of hydrogen-bond donors (Lipinski definition) is 1. The SMILES string of the molecule is COc1ccc(C2(C(=O)NCCn3ccc4ccc(F)cc43)CCOCC2)cc1. The molecule has 1 amide bonds. The Kier molecular flexibility index (Phi) is 5.53. The molecule has 152 valence electrons. The molecule has 0 bridgehead atoms. The molecule has 0 unspecified atom stereocenters. The lowest BCUT2D eigenvalue weighted by Crippen LogP contribution is -2.48. The van der Waals surface area contributed by atoms with Gasteiger partial charge in [0.05, 0.1) is 18.0 Å². The van der Waals surface area contributed by atoms with E-state index in [-0.39, 0.29) is 11.7 Å². The standard InChI is InChI=1S/C23H25FN2O3/c1-28-20-6-3-18(4-7-20)23(9-14-29-15-10-23)22(27)25-11-13-26-12-8-17-2-5-19(24)16-21(17)26/h2-8,12,16H,9-11,13-15H2,1H3,(H,25,27). The second-order valence-electron chi connectivity index (χ2n) is 7.39. The van der Waals surface area contributed by atoms with Crippen LogP contribution >= 0.6 is 0 Å². The number of nitrogens with zero attached hydrogens (tertiary/aromatic N) is 1. The smallest absolute Gasteiger partial charge is 0.230 e. The fourth-order valence-electron chi connectivity index (χ4n) is 4.09. The minimum Gasteiger partial charge on any atom is -0.497 e. The quantitative estimate of drug-likeness (QED) is 0.692. The Balaban J connectivity index is 1.48. The maximum atomic E-state index is 13.6. The lowest BCUT2D eigenvalue weighted by Gasteiger charge is -2.36. The van der Waals surface area contributed by atoms with E-state index in [0.717, 1.165) is 22.2 Å². The highest BCUT2D eigenvalue weighted by atomic mass is 19.1. The zero-order valence-corrected chi connectivity index (χ0v) is 16.5. The molecule has 29 heavy (non-hydrogen) atoms. The third-order valence-corrected chi connectivity index (χ3v) is 5.80. The van der Waals surface area contributed by atoms with Crippen LogP contribution in [0.3, 0.4) is 0 Å². The Morgan fingerprint density at radius 3 is 2.66 bits per heavy atom. The normalized spacial score (nSPS) is 15.9. The highest BCUT2D eigenvalue weighted by Crippen LogP contribution is 2.36. The highest BCUT2D eigenvalue weighted by Gasteiger charge is 2.41. The van der Waals surface area contributed by atoms with Crippen LogP contribution in [0.15, 0.2) is 54.7 Å². The summed E-state index contributed by atoms with van der Waals surface area (Å²) >= 11 is 0. The molecule has 1 saturated heterocycles. The number of carbonyl (C=O) groups excluding carboxylic acids is 1. The number of benzene rings is 2. The number of ether oxygens (including phenoxy) is 2. The average molecular weight is 396 g/mol. The molecule has 6 heteroatoms. The molecule has 1 aliphatic rings. The van der Waals surface area contributed by atoms with E-state index >= 15 is 0 Å². The van der Waals surface area contributed by atoms with Gasteiger partial charge >= 0.3 is 0 Å². The molecule has 1 N–H and O–H groups in total. The number of aromatic nitrogens is 1. The summed E-state index contributed by atoms with van der Waals surface area (Å²) in [6, 6.07) is 14.4. The van der Waals surface area contributed by atoms with Gasteiger partial charge < -0.3 is 19.4 Å². The molecule has 1 aliphatic heterocycles. The van der Waals surface area contributed by atoms with Crippen LogP contribution in [-0.4, -0.2) is 37.3 Å². The van der Waals surface area contributed by atoms with Crippen LogP contribution in [0.1, 0.15) is 18.4 Å². The van der Waals surface area contributed by atoms with Gasteiger partial charge in [-0.3, -0.25) is 4.79 Å². The van der Waals surface area contributed by atoms with E-state index in [2.05, 4.69) is 5.32 Å². The van der Waals surface area contributed by atoms with E-state index < -0.39 is 5.41 Å². The Hall–Kier alpha value is -2.86. The van der Waals surface area contributed by atoms with Crippen LogP contribution in [0, 0.1) is 5.82 Å². The van der Waals surface area contributed by atoms with Crippen molar-refractivity contribution < 1.29 is 18.7 Å². The van der Waals surface area contributed by atoms with Crippen molar-refractivity contribution in [3.05, 3.63) is 66.1 Å². The van der Waals surface area contributed by atoms with Crippen LogP contribution in [0.25, 0.3) is 10.9 Å². The molecule has 1 fully saturated rings. The first-order chi connectivity index (χ1) is 14.1. The fraction of sp³-hybridized carbons (Fsp3) is 0.348. The predicted octanol–water partition coefficient (Wildman–Crippen LogP) is 3.65. The van der Waals surface area contributed by atoms with Crippen LogP contribution in [0.2, 0.25) is 0 Å². The Bertz CT molecular complexity index is 991. The summed E-state index contributed by atoms with van der Waals surface area (Å²) in [5.74, 6) is 0.513. The molecule has 2 aromatic carbocycles. The molecule has 0 atom stereocenters. The van der Waals surface area contributed by atoms with Gasteiger partial charge in [0.1, 0.15) is 11.6 Å². The number of halogens is 1. The van der Waals surface area contributed by atoms with E-state index in [4.69, 9.17) is 9.47 Å². The van der Waals surface area contributed by atoms with Gasteiger partial charge in [-0.25, -0.2) is 4.39 Å². The van der Waals surface area contributed by atoms with Crippen molar-refractivity contribution in [1.29, 1.82) is 0 Å². The summed E-state index contributed by atoms with van der Waals surface area (Å²) in [4.78, 5) is 13.3. The number of rotatable bonds is 6. The third-order valence-electron chi connectivity index (χ3n) is 5.80. The van der Waals surface area contributed by atoms with Crippen molar-refractivity contribution in [2.24, 2.45) is 0 Å². The van der Waals surface area contributed by atoms with Crippen LogP contribution in [0.4, 0.5) is 4.39 Å². The molecular weight excluding hydrogens is 371 g/mol. The Morgan fingerprint density at radius 2 is 1.93 bits per heavy atom. The summed E-state index contributed by atoms with van der Waals surface area (Å²) < 4.78 is 26.3. The zero-order chi connectivity index (χ0) is 20.3. The van der Waals surface area contributed by atoms with E-state index in [0.29, 0.717) is 39.1 Å². The van der Waals surface area contributed by atoms with Crippen LogP contribution < -0.4 is 10.1 Å². The lowest BCUT2D eigenvalue weighted by molar-refractivity contribution is -0.130. The summed E-state index contributed by atoms with van der Waals surface area (Å²) in [6.45, 7) is 2.16.